The number of nitrogens with zero attached hydrogens (tertiary/aromatic N) is 1. The molecule has 0 radical (unpaired) electrons. The number of hydrogen-bond donors (Lipinski definition) is 1. The predicted molar refractivity (Wildman–Crippen MR) is 84.2 cm³/mol. The van der Waals surface area contributed by atoms with Crippen LogP contribution in [0.3, 0.4) is 0 Å². The smallest absolute Gasteiger partial charge is 0.0339 e. The van der Waals surface area contributed by atoms with E-state index in [1.165, 1.54) is 25.0 Å². The molecule has 1 aliphatic rings. The van der Waals surface area contributed by atoms with Crippen molar-refractivity contribution >= 4 is 11.8 Å². The first kappa shape index (κ1) is 16.3. The topological polar surface area (TPSA) is 29.3 Å². The van der Waals surface area contributed by atoms with Crippen molar-refractivity contribution in [2.75, 3.05) is 25.6 Å². The summed E-state index contributed by atoms with van der Waals surface area (Å²) in [7, 11) is 2.28. The average Bonchev–Trinajstić information content (AvgIpc) is 2.25. The van der Waals surface area contributed by atoms with E-state index in [-0.39, 0.29) is 5.54 Å². The van der Waals surface area contributed by atoms with Crippen LogP contribution in [-0.2, 0) is 0 Å². The van der Waals surface area contributed by atoms with Gasteiger partial charge < -0.3 is 5.73 Å². The molecule has 2 nitrogen and oxygen atoms in total. The van der Waals surface area contributed by atoms with Gasteiger partial charge in [0.25, 0.3) is 0 Å². The Morgan fingerprint density at radius 3 is 2.44 bits per heavy atom. The van der Waals surface area contributed by atoms with Crippen LogP contribution >= 0.6 is 11.8 Å². The molecule has 18 heavy (non-hydrogen) atoms. The minimum atomic E-state index is 0.205. The van der Waals surface area contributed by atoms with Gasteiger partial charge in [0.2, 0.25) is 0 Å². The summed E-state index contributed by atoms with van der Waals surface area (Å²) in [6.45, 7) is 10.3. The van der Waals surface area contributed by atoms with Crippen LogP contribution in [0.15, 0.2) is 0 Å². The molecule has 2 N–H and O–H groups in total. The van der Waals surface area contributed by atoms with E-state index in [1.54, 1.807) is 0 Å². The Labute approximate surface area is 118 Å². The predicted octanol–water partition coefficient (Wildman–Crippen LogP) is 3.21. The van der Waals surface area contributed by atoms with E-state index in [2.05, 4.69) is 45.9 Å². The minimum absolute atomic E-state index is 0.205. The van der Waals surface area contributed by atoms with Crippen LogP contribution in [0.1, 0.15) is 47.0 Å². The van der Waals surface area contributed by atoms with Crippen molar-refractivity contribution in [3.05, 3.63) is 0 Å². The first-order valence-corrected chi connectivity index (χ1v) is 8.58. The van der Waals surface area contributed by atoms with Gasteiger partial charge in [0.1, 0.15) is 0 Å². The highest BCUT2D eigenvalue weighted by Gasteiger charge is 2.45. The van der Waals surface area contributed by atoms with Crippen LogP contribution in [0.4, 0.5) is 0 Å². The normalized spacial score (nSPS) is 33.7. The maximum atomic E-state index is 6.21. The lowest BCUT2D eigenvalue weighted by atomic mass is 9.63. The minimum Gasteiger partial charge on any atom is -0.329 e. The molecule has 0 aromatic carbocycles. The van der Waals surface area contributed by atoms with Crippen molar-refractivity contribution in [3.63, 3.8) is 0 Å². The quantitative estimate of drug-likeness (QED) is 0.833. The second kappa shape index (κ2) is 6.15. The van der Waals surface area contributed by atoms with Crippen molar-refractivity contribution in [2.24, 2.45) is 17.1 Å². The molecule has 0 aromatic rings. The van der Waals surface area contributed by atoms with Gasteiger partial charge in [-0.2, -0.15) is 11.8 Å². The van der Waals surface area contributed by atoms with Crippen LogP contribution in [0.25, 0.3) is 0 Å². The lowest BCUT2D eigenvalue weighted by Gasteiger charge is -2.53. The van der Waals surface area contributed by atoms with Crippen LogP contribution in [0.5, 0.6) is 0 Å². The summed E-state index contributed by atoms with van der Waals surface area (Å²) in [5, 5.41) is 0. The van der Waals surface area contributed by atoms with E-state index in [4.69, 9.17) is 5.73 Å². The van der Waals surface area contributed by atoms with Gasteiger partial charge in [0.15, 0.2) is 0 Å². The van der Waals surface area contributed by atoms with Crippen molar-refractivity contribution in [2.45, 2.75) is 58.5 Å². The van der Waals surface area contributed by atoms with Crippen molar-refractivity contribution in [3.8, 4) is 0 Å². The van der Waals surface area contributed by atoms with E-state index in [0.717, 1.165) is 12.5 Å². The molecule has 0 aliphatic heterocycles. The third-order valence-electron chi connectivity index (χ3n) is 4.63. The van der Waals surface area contributed by atoms with Crippen molar-refractivity contribution in [1.82, 2.24) is 4.90 Å². The number of hydrogen-bond acceptors (Lipinski definition) is 3. The van der Waals surface area contributed by atoms with Gasteiger partial charge in [0, 0.05) is 23.9 Å². The number of likely N-dealkylation sites (N-methyl/N-ethyl adjacent to an activating group) is 1. The first-order valence-electron chi connectivity index (χ1n) is 7.18. The van der Waals surface area contributed by atoms with E-state index in [0.29, 0.717) is 11.5 Å². The largest absolute Gasteiger partial charge is 0.329 e. The lowest BCUT2D eigenvalue weighted by molar-refractivity contribution is -0.0114. The first-order chi connectivity index (χ1) is 8.26. The van der Waals surface area contributed by atoms with Gasteiger partial charge in [-0.1, -0.05) is 20.8 Å². The van der Waals surface area contributed by atoms with Crippen molar-refractivity contribution in [1.29, 1.82) is 0 Å². The molecule has 108 valence electrons. The summed E-state index contributed by atoms with van der Waals surface area (Å²) in [6.07, 6.45) is 6.00. The fourth-order valence-corrected chi connectivity index (χ4v) is 4.79. The SMILES string of the molecule is CSCC(C)N(C)C1(CN)CC(C)CC(C)(C)C1. The second-order valence-corrected chi connectivity index (χ2v) is 8.11. The molecule has 1 rings (SSSR count). The van der Waals surface area contributed by atoms with E-state index in [1.807, 2.05) is 11.8 Å². The monoisotopic (exact) mass is 272 g/mol. The fourth-order valence-electron chi connectivity index (χ4n) is 4.09. The van der Waals surface area contributed by atoms with Crippen molar-refractivity contribution < 1.29 is 0 Å². The van der Waals surface area contributed by atoms with Crippen LogP contribution in [0, 0.1) is 11.3 Å². The van der Waals surface area contributed by atoms with Crippen LogP contribution in [0.2, 0.25) is 0 Å². The standard InChI is InChI=1S/C15H32N2S/c1-12-7-14(3,4)10-15(8-12,11-16)17(5)13(2)9-18-6/h12-13H,7-11,16H2,1-6H3. The molecule has 3 unspecified atom stereocenters. The number of nitrogens with two attached hydrogens (primary N) is 1. The molecule has 1 saturated carbocycles. The molecular formula is C15H32N2S. The van der Waals surface area contributed by atoms with Gasteiger partial charge >= 0.3 is 0 Å². The number of rotatable bonds is 5. The molecule has 0 amide bonds. The van der Waals surface area contributed by atoms with E-state index >= 15 is 0 Å². The zero-order chi connectivity index (χ0) is 14.0. The summed E-state index contributed by atoms with van der Waals surface area (Å²) in [5.41, 5.74) is 6.83. The molecule has 0 heterocycles. The van der Waals surface area contributed by atoms with Crippen LogP contribution in [-0.4, -0.2) is 42.1 Å². The highest BCUT2D eigenvalue weighted by molar-refractivity contribution is 7.98. The Morgan fingerprint density at radius 2 is 2.00 bits per heavy atom. The molecule has 1 aliphatic carbocycles. The molecule has 3 heteroatoms. The fraction of sp³-hybridized carbons (Fsp3) is 1.00. The molecule has 3 atom stereocenters. The second-order valence-electron chi connectivity index (χ2n) is 7.20. The van der Waals surface area contributed by atoms with Gasteiger partial charge in [-0.25, -0.2) is 0 Å². The zero-order valence-corrected chi connectivity index (χ0v) is 13.9. The summed E-state index contributed by atoms with van der Waals surface area (Å²) in [5.74, 6) is 1.97. The summed E-state index contributed by atoms with van der Waals surface area (Å²) in [4.78, 5) is 2.57. The summed E-state index contributed by atoms with van der Waals surface area (Å²) < 4.78 is 0. The Kier molecular flexibility index (Phi) is 5.58. The molecule has 0 spiro atoms. The summed E-state index contributed by atoms with van der Waals surface area (Å²) in [6, 6.07) is 0.602. The van der Waals surface area contributed by atoms with E-state index in [9.17, 15) is 0 Å². The van der Waals surface area contributed by atoms with Gasteiger partial charge in [-0.05, 0) is 50.8 Å². The maximum absolute atomic E-state index is 6.21. The molecule has 0 bridgehead atoms. The third kappa shape index (κ3) is 3.64. The van der Waals surface area contributed by atoms with Crippen LogP contribution < -0.4 is 5.73 Å². The highest BCUT2D eigenvalue weighted by atomic mass is 32.2. The van der Waals surface area contributed by atoms with E-state index < -0.39 is 0 Å². The molecule has 0 aromatic heterocycles. The molecular weight excluding hydrogens is 240 g/mol. The summed E-state index contributed by atoms with van der Waals surface area (Å²) >= 11 is 1.93. The zero-order valence-electron chi connectivity index (χ0n) is 13.1. The third-order valence-corrected chi connectivity index (χ3v) is 5.45. The number of thioether (sulfide) groups is 1. The Balaban J connectivity index is 2.89. The molecule has 0 saturated heterocycles. The molecule has 1 fully saturated rings. The maximum Gasteiger partial charge on any atom is 0.0339 e. The average molecular weight is 273 g/mol. The Morgan fingerprint density at radius 1 is 1.39 bits per heavy atom. The highest BCUT2D eigenvalue weighted by Crippen LogP contribution is 2.46. The Hall–Kier alpha value is 0.270. The van der Waals surface area contributed by atoms with Gasteiger partial charge in [-0.3, -0.25) is 4.90 Å². The Bertz CT molecular complexity index is 267. The van der Waals surface area contributed by atoms with Gasteiger partial charge in [0.05, 0.1) is 0 Å². The van der Waals surface area contributed by atoms with Gasteiger partial charge in [-0.15, -0.1) is 0 Å². The lowest BCUT2D eigenvalue weighted by Crippen LogP contribution is -2.60.